The van der Waals surface area contributed by atoms with E-state index in [0.717, 1.165) is 45.3 Å². The Balaban J connectivity index is 2.60. The smallest absolute Gasteiger partial charge is 0.227 e. The molecule has 0 saturated carbocycles. The number of hydrogen-bond donors (Lipinski definition) is 0. The number of hydrogen-bond acceptors (Lipinski definition) is 2. The first-order chi connectivity index (χ1) is 8.60. The predicted octanol–water partition coefficient (Wildman–Crippen LogP) is 1.89. The second-order valence-corrected chi connectivity index (χ2v) is 5.13. The van der Waals surface area contributed by atoms with E-state index < -0.39 is 0 Å². The summed E-state index contributed by atoms with van der Waals surface area (Å²) in [6.07, 6.45) is 3.86. The summed E-state index contributed by atoms with van der Waals surface area (Å²) in [5.74, 6) is 0.343. The van der Waals surface area contributed by atoms with Gasteiger partial charge < -0.3 is 9.80 Å². The van der Waals surface area contributed by atoms with Crippen LogP contribution in [0.4, 0.5) is 0 Å². The highest BCUT2D eigenvalue weighted by Gasteiger charge is 2.29. The summed E-state index contributed by atoms with van der Waals surface area (Å²) in [7, 11) is 0. The van der Waals surface area contributed by atoms with E-state index in [4.69, 9.17) is 0 Å². The van der Waals surface area contributed by atoms with Crippen molar-refractivity contribution >= 4 is 11.8 Å². The van der Waals surface area contributed by atoms with Crippen molar-refractivity contribution in [2.75, 3.05) is 26.2 Å². The van der Waals surface area contributed by atoms with E-state index in [1.165, 1.54) is 0 Å². The van der Waals surface area contributed by atoms with Gasteiger partial charge in [-0.2, -0.15) is 0 Å². The molecule has 0 bridgehead atoms. The van der Waals surface area contributed by atoms with Gasteiger partial charge in [-0.05, 0) is 25.7 Å². The third-order valence-electron chi connectivity index (χ3n) is 3.51. The van der Waals surface area contributed by atoms with Crippen LogP contribution in [0.15, 0.2) is 0 Å². The molecular weight excluding hydrogens is 228 g/mol. The quantitative estimate of drug-likeness (QED) is 0.752. The zero-order valence-electron chi connectivity index (χ0n) is 11.9. The molecule has 1 unspecified atom stereocenters. The number of carbonyl (C=O) groups is 2. The second-order valence-electron chi connectivity index (χ2n) is 5.13. The van der Waals surface area contributed by atoms with Crippen LogP contribution >= 0.6 is 0 Å². The Labute approximate surface area is 110 Å². The summed E-state index contributed by atoms with van der Waals surface area (Å²) in [5, 5.41) is 0. The highest BCUT2D eigenvalue weighted by molar-refractivity contribution is 5.80. The highest BCUT2D eigenvalue weighted by atomic mass is 16.2. The zero-order valence-corrected chi connectivity index (χ0v) is 11.9. The Bertz CT molecular complexity index is 286. The van der Waals surface area contributed by atoms with Gasteiger partial charge in [0.15, 0.2) is 0 Å². The molecule has 1 atom stereocenters. The lowest BCUT2D eigenvalue weighted by molar-refractivity contribution is -0.140. The minimum absolute atomic E-state index is 0.0146. The molecule has 1 saturated heterocycles. The maximum atomic E-state index is 12.4. The predicted molar refractivity (Wildman–Crippen MR) is 72.1 cm³/mol. The molecule has 1 aliphatic rings. The summed E-state index contributed by atoms with van der Waals surface area (Å²) in [6.45, 7) is 8.87. The Kier molecular flexibility index (Phi) is 6.16. The van der Waals surface area contributed by atoms with Crippen molar-refractivity contribution in [2.24, 2.45) is 5.92 Å². The van der Waals surface area contributed by atoms with Crippen LogP contribution in [-0.4, -0.2) is 47.8 Å². The first-order valence-electron chi connectivity index (χ1n) is 7.14. The highest BCUT2D eigenvalue weighted by Crippen LogP contribution is 2.19. The summed E-state index contributed by atoms with van der Waals surface area (Å²) in [4.78, 5) is 27.6. The number of nitrogens with zero attached hydrogens (tertiary/aromatic N) is 2. The number of piperidine rings is 1. The molecule has 1 rings (SSSR count). The van der Waals surface area contributed by atoms with Crippen LogP contribution in [0.2, 0.25) is 0 Å². The molecule has 104 valence electrons. The summed E-state index contributed by atoms with van der Waals surface area (Å²) < 4.78 is 0. The first kappa shape index (κ1) is 15.0. The molecule has 1 heterocycles. The van der Waals surface area contributed by atoms with E-state index in [1.54, 1.807) is 6.92 Å². The fourth-order valence-electron chi connectivity index (χ4n) is 2.59. The molecule has 18 heavy (non-hydrogen) atoms. The van der Waals surface area contributed by atoms with Crippen LogP contribution in [0.5, 0.6) is 0 Å². The number of carbonyl (C=O) groups excluding carboxylic acids is 2. The molecular formula is C14H26N2O2. The maximum absolute atomic E-state index is 12.4. The molecule has 0 aromatic heterocycles. The number of likely N-dealkylation sites (tertiary alicyclic amines) is 1. The van der Waals surface area contributed by atoms with E-state index >= 15 is 0 Å². The molecule has 1 aliphatic heterocycles. The van der Waals surface area contributed by atoms with E-state index in [1.807, 2.05) is 9.80 Å². The minimum atomic E-state index is 0.0146. The molecule has 0 aromatic rings. The molecule has 2 amide bonds. The molecule has 0 aromatic carbocycles. The van der Waals surface area contributed by atoms with Crippen LogP contribution in [0.1, 0.15) is 46.5 Å². The van der Waals surface area contributed by atoms with Gasteiger partial charge in [0.1, 0.15) is 0 Å². The monoisotopic (exact) mass is 254 g/mol. The average molecular weight is 254 g/mol. The Morgan fingerprint density at radius 1 is 1.22 bits per heavy atom. The van der Waals surface area contributed by atoms with Crippen molar-refractivity contribution in [3.05, 3.63) is 0 Å². The van der Waals surface area contributed by atoms with Gasteiger partial charge in [-0.3, -0.25) is 9.59 Å². The lowest BCUT2D eigenvalue weighted by Crippen LogP contribution is -2.46. The van der Waals surface area contributed by atoms with Crippen molar-refractivity contribution in [3.63, 3.8) is 0 Å². The van der Waals surface area contributed by atoms with Crippen LogP contribution in [-0.2, 0) is 9.59 Å². The summed E-state index contributed by atoms with van der Waals surface area (Å²) in [5.41, 5.74) is 0. The lowest BCUT2D eigenvalue weighted by Gasteiger charge is -2.34. The molecule has 0 spiro atoms. The van der Waals surface area contributed by atoms with Gasteiger partial charge in [0.25, 0.3) is 0 Å². The van der Waals surface area contributed by atoms with Crippen molar-refractivity contribution in [2.45, 2.75) is 46.5 Å². The van der Waals surface area contributed by atoms with Crippen molar-refractivity contribution in [1.29, 1.82) is 0 Å². The van der Waals surface area contributed by atoms with Crippen LogP contribution in [0, 0.1) is 5.92 Å². The van der Waals surface area contributed by atoms with Gasteiger partial charge >= 0.3 is 0 Å². The van der Waals surface area contributed by atoms with Gasteiger partial charge in [0.05, 0.1) is 5.92 Å². The van der Waals surface area contributed by atoms with E-state index in [9.17, 15) is 9.59 Å². The maximum Gasteiger partial charge on any atom is 0.227 e. The second kappa shape index (κ2) is 7.39. The molecule has 0 N–H and O–H groups in total. The Morgan fingerprint density at radius 3 is 2.33 bits per heavy atom. The van der Waals surface area contributed by atoms with Crippen molar-refractivity contribution < 1.29 is 9.59 Å². The van der Waals surface area contributed by atoms with Gasteiger partial charge in [-0.1, -0.05) is 13.8 Å². The Hall–Kier alpha value is -1.06. The first-order valence-corrected chi connectivity index (χ1v) is 7.14. The molecule has 0 radical (unpaired) electrons. The van der Waals surface area contributed by atoms with Gasteiger partial charge in [-0.15, -0.1) is 0 Å². The topological polar surface area (TPSA) is 40.6 Å². The minimum Gasteiger partial charge on any atom is -0.342 e. The number of rotatable bonds is 5. The van der Waals surface area contributed by atoms with E-state index in [0.29, 0.717) is 6.54 Å². The normalized spacial score (nSPS) is 19.7. The third kappa shape index (κ3) is 4.00. The third-order valence-corrected chi connectivity index (χ3v) is 3.51. The molecule has 1 fully saturated rings. The average Bonchev–Trinajstić information content (AvgIpc) is 2.38. The largest absolute Gasteiger partial charge is 0.342 e. The zero-order chi connectivity index (χ0) is 13.5. The summed E-state index contributed by atoms with van der Waals surface area (Å²) in [6, 6.07) is 0. The van der Waals surface area contributed by atoms with Gasteiger partial charge in [0, 0.05) is 33.1 Å². The SMILES string of the molecule is CCCN(CCC)C(=O)C1CCCN(C(C)=O)C1. The summed E-state index contributed by atoms with van der Waals surface area (Å²) >= 11 is 0. The van der Waals surface area contributed by atoms with Crippen molar-refractivity contribution in [1.82, 2.24) is 9.80 Å². The number of amides is 2. The molecule has 4 heteroatoms. The standard InChI is InChI=1S/C14H26N2O2/c1-4-8-15(9-5-2)14(18)13-7-6-10-16(11-13)12(3)17/h13H,4-11H2,1-3H3. The van der Waals surface area contributed by atoms with Crippen LogP contribution in [0.25, 0.3) is 0 Å². The molecule has 4 nitrogen and oxygen atoms in total. The van der Waals surface area contributed by atoms with Crippen LogP contribution in [0.3, 0.4) is 0 Å². The van der Waals surface area contributed by atoms with Gasteiger partial charge in [0.2, 0.25) is 11.8 Å². The van der Waals surface area contributed by atoms with E-state index in [-0.39, 0.29) is 17.7 Å². The molecule has 0 aliphatic carbocycles. The van der Waals surface area contributed by atoms with Crippen LogP contribution < -0.4 is 0 Å². The lowest BCUT2D eigenvalue weighted by atomic mass is 9.96. The fourth-order valence-corrected chi connectivity index (χ4v) is 2.59. The van der Waals surface area contributed by atoms with Gasteiger partial charge in [-0.25, -0.2) is 0 Å². The van der Waals surface area contributed by atoms with E-state index in [2.05, 4.69) is 13.8 Å². The Morgan fingerprint density at radius 2 is 1.83 bits per heavy atom. The van der Waals surface area contributed by atoms with Crippen molar-refractivity contribution in [3.8, 4) is 0 Å². The fraction of sp³-hybridized carbons (Fsp3) is 0.857.